The van der Waals surface area contributed by atoms with Crippen LogP contribution in [-0.4, -0.2) is 49.5 Å². The van der Waals surface area contributed by atoms with Gasteiger partial charge in [-0.15, -0.1) is 0 Å². The van der Waals surface area contributed by atoms with Crippen molar-refractivity contribution < 1.29 is 62.0 Å². The Balaban J connectivity index is 2.97. The van der Waals surface area contributed by atoms with Gasteiger partial charge in [0.2, 0.25) is 19.7 Å². The van der Waals surface area contributed by atoms with E-state index in [0.717, 1.165) is 0 Å². The fourth-order valence-electron chi connectivity index (χ4n) is 2.29. The Labute approximate surface area is 149 Å². The normalized spacial score (nSPS) is 23.8. The molecule has 26 heavy (non-hydrogen) atoms. The second kappa shape index (κ2) is 7.64. The molecule has 10 nitrogen and oxygen atoms in total. The molecule has 1 aliphatic carbocycles. The lowest BCUT2D eigenvalue weighted by atomic mass is 10.00. The molecule has 0 amide bonds. The third kappa shape index (κ3) is 4.26. The molecule has 1 N–H and O–H groups in total. The van der Waals surface area contributed by atoms with E-state index < -0.39 is 87.2 Å². The number of alkyl halides is 4. The van der Waals surface area contributed by atoms with Crippen molar-refractivity contribution in [2.24, 2.45) is 0 Å². The largest absolute Gasteiger partial charge is 0.691 e. The molecule has 0 aromatic heterocycles. The Kier molecular flexibility index (Phi) is 7.00. The van der Waals surface area contributed by atoms with Gasteiger partial charge in [0, 0.05) is 0 Å². The molecule has 1 rings (SSSR count). The molecule has 0 radical (unpaired) electrons. The highest BCUT2D eigenvalue weighted by molar-refractivity contribution is 8.11. The molecule has 0 aromatic carbocycles. The van der Waals surface area contributed by atoms with Crippen LogP contribution in [0.5, 0.6) is 0 Å². The highest BCUT2D eigenvalue weighted by atomic mass is 32.3. The molecule has 0 bridgehead atoms. The SMILES string of the molecule is O=S(=O)(O)C(F)(F)S(=O)(=O)C1CCC(S(=O)(=O)C(F)(F)SOO[O-])CC1. The molecule has 1 fully saturated rings. The van der Waals surface area contributed by atoms with Gasteiger partial charge in [-0.3, -0.25) is 9.59 Å². The number of halogens is 4. The zero-order chi connectivity index (χ0) is 20.6. The standard InChI is InChI=1S/C8H12F4O10S4/c9-7(10,23-22-21-13)24(14,15)5-1-3-6(4-2-5)25(16,17)8(11,12)26(18,19)20/h5-6,13H,1-4H2,(H,18,19,20)/p-1. The van der Waals surface area contributed by atoms with Crippen LogP contribution < -0.4 is 5.26 Å². The molecule has 0 aromatic rings. The van der Waals surface area contributed by atoms with Crippen LogP contribution in [0.2, 0.25) is 0 Å². The summed E-state index contributed by atoms with van der Waals surface area (Å²) in [6, 6.07) is 0. The first-order valence-corrected chi connectivity index (χ1v) is 11.6. The van der Waals surface area contributed by atoms with E-state index in [9.17, 15) is 48.1 Å². The van der Waals surface area contributed by atoms with Crippen LogP contribution >= 0.6 is 12.0 Å². The smallest absolute Gasteiger partial charge is 0.470 e. The van der Waals surface area contributed by atoms with Crippen molar-refractivity contribution in [3.8, 4) is 0 Å². The average molecular weight is 471 g/mol. The van der Waals surface area contributed by atoms with Crippen LogP contribution in [0.4, 0.5) is 17.6 Å². The molecule has 18 heteroatoms. The van der Waals surface area contributed by atoms with E-state index in [1.807, 2.05) is 0 Å². The molecule has 0 heterocycles. The monoisotopic (exact) mass is 471 g/mol. The molecule has 0 unspecified atom stereocenters. The highest BCUT2D eigenvalue weighted by Crippen LogP contribution is 2.43. The van der Waals surface area contributed by atoms with Crippen LogP contribution in [0.1, 0.15) is 25.7 Å². The molecule has 156 valence electrons. The summed E-state index contributed by atoms with van der Waals surface area (Å²) in [5, 5.41) is 8.20. The van der Waals surface area contributed by atoms with Gasteiger partial charge in [-0.1, -0.05) is 0 Å². The molecule has 1 saturated carbocycles. The molecule has 0 atom stereocenters. The summed E-state index contributed by atoms with van der Waals surface area (Å²) in [5.41, 5.74) is 0. The van der Waals surface area contributed by atoms with E-state index in [1.165, 1.54) is 0 Å². The lowest BCUT2D eigenvalue weighted by Crippen LogP contribution is -2.46. The summed E-state index contributed by atoms with van der Waals surface area (Å²) in [6.07, 6.45) is -3.39. The first-order valence-electron chi connectivity index (χ1n) is 6.36. The lowest BCUT2D eigenvalue weighted by molar-refractivity contribution is -0.777. The van der Waals surface area contributed by atoms with Crippen LogP contribution in [0.25, 0.3) is 0 Å². The summed E-state index contributed by atoms with van der Waals surface area (Å²) in [6.45, 7) is 0. The van der Waals surface area contributed by atoms with Crippen molar-refractivity contribution in [1.82, 2.24) is 0 Å². The second-order valence-corrected chi connectivity index (χ2v) is 12.4. The Hall–Kier alpha value is -0.240. The molecule has 1 aliphatic rings. The molecule has 0 aliphatic heterocycles. The van der Waals surface area contributed by atoms with Gasteiger partial charge >= 0.3 is 19.3 Å². The molecule has 0 saturated heterocycles. The van der Waals surface area contributed by atoms with Gasteiger partial charge in [-0.05, 0) is 25.7 Å². The minimum atomic E-state index is -6.31. The maximum atomic E-state index is 13.5. The maximum Gasteiger partial charge on any atom is 0.470 e. The summed E-state index contributed by atoms with van der Waals surface area (Å²) < 4.78 is 123. The van der Waals surface area contributed by atoms with E-state index in [4.69, 9.17) is 4.55 Å². The van der Waals surface area contributed by atoms with Gasteiger partial charge in [0.25, 0.3) is 0 Å². The summed E-state index contributed by atoms with van der Waals surface area (Å²) in [7, 11) is -17.4. The zero-order valence-corrected chi connectivity index (χ0v) is 15.5. The summed E-state index contributed by atoms with van der Waals surface area (Å²) in [5.74, 6) is 0. The van der Waals surface area contributed by atoms with Crippen molar-refractivity contribution in [2.45, 2.75) is 45.4 Å². The van der Waals surface area contributed by atoms with Crippen LogP contribution in [0, 0.1) is 0 Å². The van der Waals surface area contributed by atoms with E-state index >= 15 is 0 Å². The predicted molar refractivity (Wildman–Crippen MR) is 75.1 cm³/mol. The third-order valence-electron chi connectivity index (χ3n) is 3.62. The van der Waals surface area contributed by atoms with Crippen molar-refractivity contribution in [1.29, 1.82) is 0 Å². The van der Waals surface area contributed by atoms with E-state index in [1.54, 1.807) is 0 Å². The predicted octanol–water partition coefficient (Wildman–Crippen LogP) is -0.0127. The van der Waals surface area contributed by atoms with Gasteiger partial charge in [0.1, 0.15) is 12.0 Å². The Morgan fingerprint density at radius 2 is 1.27 bits per heavy atom. The minimum absolute atomic E-state index is 0.817. The fourth-order valence-corrected chi connectivity index (χ4v) is 7.41. The molecular formula is C8H11F4O10S4-. The number of hydrogen-bond donors (Lipinski definition) is 1. The number of rotatable bonds is 8. The van der Waals surface area contributed by atoms with Gasteiger partial charge in [0.05, 0.1) is 10.5 Å². The van der Waals surface area contributed by atoms with Crippen molar-refractivity contribution in [3.63, 3.8) is 0 Å². The highest BCUT2D eigenvalue weighted by Gasteiger charge is 2.61. The van der Waals surface area contributed by atoms with Crippen LogP contribution in [0.3, 0.4) is 0 Å². The Morgan fingerprint density at radius 3 is 1.62 bits per heavy atom. The second-order valence-electron chi connectivity index (χ2n) is 5.11. The van der Waals surface area contributed by atoms with Gasteiger partial charge in [-0.25, -0.2) is 16.8 Å². The number of sulfone groups is 2. The lowest BCUT2D eigenvalue weighted by Gasteiger charge is -2.31. The quantitative estimate of drug-likeness (QED) is 0.166. The molecule has 0 spiro atoms. The van der Waals surface area contributed by atoms with Crippen molar-refractivity contribution in [2.75, 3.05) is 0 Å². The van der Waals surface area contributed by atoms with Gasteiger partial charge in [0.15, 0.2) is 0 Å². The molecular weight excluding hydrogens is 460 g/mol. The first-order chi connectivity index (χ1) is 11.5. The van der Waals surface area contributed by atoms with Crippen molar-refractivity contribution in [3.05, 3.63) is 0 Å². The maximum absolute atomic E-state index is 13.5. The third-order valence-corrected chi connectivity index (χ3v) is 10.8. The average Bonchev–Trinajstić information content (AvgIpc) is 2.51. The summed E-state index contributed by atoms with van der Waals surface area (Å²) in [4.78, 5) is 0. The Bertz CT molecular complexity index is 813. The first kappa shape index (κ1) is 23.8. The number of hydrogen-bond acceptors (Lipinski definition) is 10. The summed E-state index contributed by atoms with van der Waals surface area (Å²) >= 11 is -1.11. The Morgan fingerprint density at radius 1 is 0.885 bits per heavy atom. The van der Waals surface area contributed by atoms with Crippen LogP contribution in [0.15, 0.2) is 0 Å². The van der Waals surface area contributed by atoms with E-state index in [-0.39, 0.29) is 0 Å². The fraction of sp³-hybridized carbons (Fsp3) is 1.00. The van der Waals surface area contributed by atoms with E-state index in [2.05, 4.69) is 9.37 Å². The van der Waals surface area contributed by atoms with E-state index in [0.29, 0.717) is 0 Å². The zero-order valence-electron chi connectivity index (χ0n) is 12.2. The topological polar surface area (TPSA) is 164 Å². The minimum Gasteiger partial charge on any atom is -0.691 e. The van der Waals surface area contributed by atoms with Crippen LogP contribution in [-0.2, 0) is 39.2 Å². The van der Waals surface area contributed by atoms with Gasteiger partial charge < -0.3 is 5.26 Å². The van der Waals surface area contributed by atoms with Crippen molar-refractivity contribution >= 4 is 41.8 Å². The van der Waals surface area contributed by atoms with Gasteiger partial charge in [-0.2, -0.15) is 30.3 Å².